The van der Waals surface area contributed by atoms with E-state index in [1.54, 1.807) is 0 Å². The van der Waals surface area contributed by atoms with Crippen LogP contribution in [0.2, 0.25) is 0 Å². The molecule has 0 aliphatic rings. The van der Waals surface area contributed by atoms with Crippen molar-refractivity contribution in [2.75, 3.05) is 0 Å². The van der Waals surface area contributed by atoms with Gasteiger partial charge in [-0.15, -0.1) is 0 Å². The minimum Gasteiger partial charge on any atom is -0.483 e. The van der Waals surface area contributed by atoms with Gasteiger partial charge in [0.2, 0.25) is 0 Å². The zero-order valence-electron chi connectivity index (χ0n) is 3.91. The van der Waals surface area contributed by atoms with Crippen LogP contribution in [0.1, 0.15) is 0 Å². The second kappa shape index (κ2) is 7.86. The molecule has 0 fully saturated rings. The van der Waals surface area contributed by atoms with Crippen LogP contribution in [0.25, 0.3) is 0 Å². The van der Waals surface area contributed by atoms with E-state index in [-0.39, 0.29) is 23.5 Å². The first-order valence-electron chi connectivity index (χ1n) is 1.19. The van der Waals surface area contributed by atoms with E-state index in [0.717, 1.165) is 0 Å². The monoisotopic (exact) mass is 200 g/mol. The van der Waals surface area contributed by atoms with Crippen molar-refractivity contribution in [3.05, 3.63) is 0 Å². The molecule has 6 nitrogen and oxygen atoms in total. The maximum Gasteiger partial charge on any atom is 0.394 e. The summed E-state index contributed by atoms with van der Waals surface area (Å²) in [6.07, 6.45) is 0. The van der Waals surface area contributed by atoms with E-state index < -0.39 is 10.4 Å². The van der Waals surface area contributed by atoms with Crippen molar-refractivity contribution in [2.45, 2.75) is 0 Å². The summed E-state index contributed by atoms with van der Waals surface area (Å²) in [6.45, 7) is -0.250. The molecular formula is CH4FeO6S. The molecule has 0 atom stereocenters. The summed E-state index contributed by atoms with van der Waals surface area (Å²) < 4.78 is 31.6. The van der Waals surface area contributed by atoms with Gasteiger partial charge in [-0.1, -0.05) is 0 Å². The quantitative estimate of drug-likeness (QED) is 0.264. The van der Waals surface area contributed by atoms with Gasteiger partial charge >= 0.3 is 10.4 Å². The van der Waals surface area contributed by atoms with Crippen LogP contribution >= 0.6 is 0 Å². The Labute approximate surface area is 61.9 Å². The zero-order valence-corrected chi connectivity index (χ0v) is 5.83. The molecule has 3 N–H and O–H groups in total. The van der Waals surface area contributed by atoms with Gasteiger partial charge in [0, 0.05) is 17.1 Å². The Morgan fingerprint density at radius 3 is 1.22 bits per heavy atom. The predicted octanol–water partition coefficient (Wildman–Crippen LogP) is -0.954. The Bertz CT molecular complexity index is 127. The summed E-state index contributed by atoms with van der Waals surface area (Å²) in [5.74, 6) is 0. The molecule has 0 heterocycles. The molecule has 0 amide bonds. The number of rotatable bonds is 0. The summed E-state index contributed by atoms with van der Waals surface area (Å²) in [6, 6.07) is 0. The topological polar surface area (TPSA) is 112 Å². The summed E-state index contributed by atoms with van der Waals surface area (Å²) in [5, 5.41) is 6.89. The van der Waals surface area contributed by atoms with Gasteiger partial charge in [0.1, 0.15) is 0 Å². The van der Waals surface area contributed by atoms with Crippen molar-refractivity contribution in [2.24, 2.45) is 0 Å². The van der Waals surface area contributed by atoms with Gasteiger partial charge < -0.3 is 5.11 Å². The maximum absolute atomic E-state index is 8.74. The fourth-order valence-corrected chi connectivity index (χ4v) is 0. The summed E-state index contributed by atoms with van der Waals surface area (Å²) >= 11 is 0. The molecule has 0 aromatic rings. The first-order chi connectivity index (χ1) is 3.41. The summed E-state index contributed by atoms with van der Waals surface area (Å²) in [5.41, 5.74) is 0. The standard InChI is InChI=1S/CH2O2.Fe.H2O4S/c2-1-3;;1-5(2,3)4/h1H,(H,2,3);;(H2,1,2,3,4). The Hall–Kier alpha value is -0.141. The van der Waals surface area contributed by atoms with Gasteiger partial charge in [0.05, 0.1) is 0 Å². The molecule has 0 aromatic heterocycles. The molecule has 0 aliphatic heterocycles. The van der Waals surface area contributed by atoms with Crippen LogP contribution in [0, 0.1) is 0 Å². The molecule has 9 heavy (non-hydrogen) atoms. The molecule has 0 unspecified atom stereocenters. The SMILES string of the molecule is O=CO.O=S(=O)(O)O.[Fe]. The van der Waals surface area contributed by atoms with E-state index >= 15 is 0 Å². The number of carbonyl (C=O) groups is 1. The van der Waals surface area contributed by atoms with Crippen molar-refractivity contribution < 1.29 is 44.5 Å². The van der Waals surface area contributed by atoms with Crippen LogP contribution in [0.5, 0.6) is 0 Å². The maximum atomic E-state index is 8.74. The smallest absolute Gasteiger partial charge is 0.394 e. The van der Waals surface area contributed by atoms with E-state index in [2.05, 4.69) is 0 Å². The van der Waals surface area contributed by atoms with Gasteiger partial charge in [0.15, 0.2) is 0 Å². The van der Waals surface area contributed by atoms with Crippen molar-refractivity contribution in [3.63, 3.8) is 0 Å². The second-order valence-electron chi connectivity index (χ2n) is 0.553. The van der Waals surface area contributed by atoms with Crippen LogP contribution in [0.4, 0.5) is 0 Å². The Balaban J connectivity index is -0.0000000800. The second-order valence-corrected chi connectivity index (χ2v) is 1.45. The van der Waals surface area contributed by atoms with Crippen molar-refractivity contribution in [3.8, 4) is 0 Å². The third-order valence-electron chi connectivity index (χ3n) is 0. The number of hydrogen-bond acceptors (Lipinski definition) is 3. The van der Waals surface area contributed by atoms with Crippen molar-refractivity contribution >= 4 is 16.9 Å². The van der Waals surface area contributed by atoms with E-state index in [1.807, 2.05) is 0 Å². The molecule has 0 saturated heterocycles. The third kappa shape index (κ3) is 13700. The fourth-order valence-electron chi connectivity index (χ4n) is 0. The first kappa shape index (κ1) is 15.9. The average Bonchev–Trinajstić information content (AvgIpc) is 1.27. The van der Waals surface area contributed by atoms with Crippen LogP contribution in [0.3, 0.4) is 0 Å². The molecule has 0 aromatic carbocycles. The van der Waals surface area contributed by atoms with Crippen LogP contribution in [0.15, 0.2) is 0 Å². The summed E-state index contributed by atoms with van der Waals surface area (Å²) in [7, 11) is -4.67. The Morgan fingerprint density at radius 1 is 1.22 bits per heavy atom. The fraction of sp³-hybridized carbons (Fsp3) is 0. The zero-order chi connectivity index (χ0) is 7.21. The predicted molar refractivity (Wildman–Crippen MR) is 22.9 cm³/mol. The van der Waals surface area contributed by atoms with Crippen LogP contribution in [-0.2, 0) is 32.3 Å². The minimum atomic E-state index is -4.67. The van der Waals surface area contributed by atoms with Gasteiger partial charge in [-0.25, -0.2) is 0 Å². The summed E-state index contributed by atoms with van der Waals surface area (Å²) in [4.78, 5) is 8.36. The normalized spacial score (nSPS) is 7.78. The molecular weight excluding hydrogens is 196 g/mol. The van der Waals surface area contributed by atoms with Gasteiger partial charge in [0.25, 0.3) is 6.47 Å². The molecule has 0 saturated carbocycles. The van der Waals surface area contributed by atoms with E-state index in [1.165, 1.54) is 0 Å². The molecule has 0 aliphatic carbocycles. The molecule has 0 rings (SSSR count). The minimum absolute atomic E-state index is 0. The molecule has 0 spiro atoms. The molecule has 8 heteroatoms. The van der Waals surface area contributed by atoms with Gasteiger partial charge in [-0.05, 0) is 0 Å². The van der Waals surface area contributed by atoms with Gasteiger partial charge in [-0.3, -0.25) is 13.9 Å². The average molecular weight is 200 g/mol. The number of carboxylic acid groups (broad SMARTS) is 1. The molecule has 58 valence electrons. The number of hydrogen-bond donors (Lipinski definition) is 3. The van der Waals surface area contributed by atoms with E-state index in [9.17, 15) is 0 Å². The van der Waals surface area contributed by atoms with E-state index in [0.29, 0.717) is 0 Å². The van der Waals surface area contributed by atoms with Gasteiger partial charge in [-0.2, -0.15) is 8.42 Å². The van der Waals surface area contributed by atoms with Crippen molar-refractivity contribution in [1.82, 2.24) is 0 Å². The Morgan fingerprint density at radius 2 is 1.22 bits per heavy atom. The largest absolute Gasteiger partial charge is 0.483 e. The molecule has 0 radical (unpaired) electrons. The van der Waals surface area contributed by atoms with Crippen molar-refractivity contribution in [1.29, 1.82) is 0 Å². The third-order valence-corrected chi connectivity index (χ3v) is 0. The van der Waals surface area contributed by atoms with Crippen LogP contribution < -0.4 is 0 Å². The van der Waals surface area contributed by atoms with Crippen LogP contribution in [-0.4, -0.2) is 29.1 Å². The first-order valence-corrected chi connectivity index (χ1v) is 2.59. The Kier molecular flexibility index (Phi) is 13.9. The van der Waals surface area contributed by atoms with E-state index in [4.69, 9.17) is 27.4 Å². The molecule has 0 bridgehead atoms.